The van der Waals surface area contributed by atoms with Crippen molar-refractivity contribution in [1.82, 2.24) is 4.57 Å². The lowest BCUT2D eigenvalue weighted by Gasteiger charge is -2.13. The highest BCUT2D eigenvalue weighted by molar-refractivity contribution is 5.91. The Morgan fingerprint density at radius 3 is 2.48 bits per heavy atom. The molecule has 0 radical (unpaired) electrons. The number of nitro groups is 1. The van der Waals surface area contributed by atoms with Crippen molar-refractivity contribution in [2.24, 2.45) is 5.10 Å². The Labute approximate surface area is 168 Å². The lowest BCUT2D eigenvalue weighted by molar-refractivity contribution is -0.384. The van der Waals surface area contributed by atoms with Gasteiger partial charge in [0.15, 0.2) is 0 Å². The summed E-state index contributed by atoms with van der Waals surface area (Å²) in [7, 11) is 0. The lowest BCUT2D eigenvalue weighted by Crippen LogP contribution is -2.00. The molecule has 1 N–H and O–H groups in total. The zero-order valence-corrected chi connectivity index (χ0v) is 16.2. The van der Waals surface area contributed by atoms with Gasteiger partial charge in [0.1, 0.15) is 0 Å². The van der Waals surface area contributed by atoms with Gasteiger partial charge < -0.3 is 4.57 Å². The molecule has 6 nitrogen and oxygen atoms in total. The minimum Gasteiger partial charge on any atom is -0.317 e. The van der Waals surface area contributed by atoms with Crippen LogP contribution in [0.15, 0.2) is 77.9 Å². The summed E-state index contributed by atoms with van der Waals surface area (Å²) in [6.07, 6.45) is 1.77. The van der Waals surface area contributed by atoms with Crippen LogP contribution in [0.25, 0.3) is 16.5 Å². The van der Waals surface area contributed by atoms with Crippen LogP contribution in [0.2, 0.25) is 0 Å². The van der Waals surface area contributed by atoms with Crippen LogP contribution >= 0.6 is 0 Å². The Hall–Kier alpha value is -3.93. The van der Waals surface area contributed by atoms with Crippen LogP contribution in [-0.4, -0.2) is 15.7 Å². The molecule has 0 saturated carbocycles. The molecule has 0 fully saturated rings. The summed E-state index contributed by atoms with van der Waals surface area (Å²) in [5.41, 5.74) is 8.02. The average Bonchev–Trinajstić information content (AvgIpc) is 3.01. The van der Waals surface area contributed by atoms with E-state index in [1.807, 2.05) is 6.07 Å². The van der Waals surface area contributed by atoms with Crippen LogP contribution in [0.1, 0.15) is 17.0 Å². The minimum atomic E-state index is -0.421. The van der Waals surface area contributed by atoms with Gasteiger partial charge in [-0.3, -0.25) is 15.5 Å². The van der Waals surface area contributed by atoms with Crippen LogP contribution < -0.4 is 5.43 Å². The van der Waals surface area contributed by atoms with Crippen LogP contribution in [0.4, 0.5) is 11.4 Å². The number of aryl methyl sites for hydroxylation is 1. The van der Waals surface area contributed by atoms with Crippen molar-refractivity contribution in [3.05, 3.63) is 99.9 Å². The molecule has 0 amide bonds. The maximum absolute atomic E-state index is 10.7. The monoisotopic (exact) mass is 384 g/mol. The van der Waals surface area contributed by atoms with Gasteiger partial charge in [-0.05, 0) is 43.5 Å². The Kier molecular flexibility index (Phi) is 4.83. The summed E-state index contributed by atoms with van der Waals surface area (Å²) in [6, 6.07) is 22.9. The van der Waals surface area contributed by atoms with Crippen LogP contribution in [0.3, 0.4) is 0 Å². The van der Waals surface area contributed by atoms with Gasteiger partial charge in [0, 0.05) is 34.5 Å². The topological polar surface area (TPSA) is 72.5 Å². The zero-order valence-electron chi connectivity index (χ0n) is 16.2. The molecule has 4 aromatic rings. The number of fused-ring (bicyclic) bond motifs is 1. The zero-order chi connectivity index (χ0) is 20.4. The fraction of sp³-hybridized carbons (Fsp3) is 0.0870. The van der Waals surface area contributed by atoms with Crippen LogP contribution in [0, 0.1) is 24.0 Å². The summed E-state index contributed by atoms with van der Waals surface area (Å²) in [4.78, 5) is 10.3. The summed E-state index contributed by atoms with van der Waals surface area (Å²) in [5, 5.41) is 17.4. The molecule has 1 heterocycles. The molecule has 3 aromatic carbocycles. The van der Waals surface area contributed by atoms with E-state index < -0.39 is 4.92 Å². The quantitative estimate of drug-likeness (QED) is 0.276. The van der Waals surface area contributed by atoms with Gasteiger partial charge in [-0.2, -0.15) is 5.10 Å². The molecular weight excluding hydrogens is 364 g/mol. The summed E-state index contributed by atoms with van der Waals surface area (Å²) < 4.78 is 2.23. The van der Waals surface area contributed by atoms with Gasteiger partial charge in [-0.25, -0.2) is 0 Å². The second kappa shape index (κ2) is 7.59. The average molecular weight is 384 g/mol. The molecule has 6 heteroatoms. The Bertz CT molecular complexity index is 1220. The van der Waals surface area contributed by atoms with E-state index in [2.05, 4.69) is 71.4 Å². The molecule has 0 saturated heterocycles. The number of nitrogens with zero attached hydrogens (tertiary/aromatic N) is 3. The smallest absolute Gasteiger partial charge is 0.269 e. The summed E-state index contributed by atoms with van der Waals surface area (Å²) >= 11 is 0. The van der Waals surface area contributed by atoms with Crippen molar-refractivity contribution in [3.8, 4) is 5.69 Å². The van der Waals surface area contributed by atoms with Crippen LogP contribution in [0.5, 0.6) is 0 Å². The number of benzene rings is 3. The molecule has 29 heavy (non-hydrogen) atoms. The molecule has 4 rings (SSSR count). The fourth-order valence-electron chi connectivity index (χ4n) is 3.53. The molecule has 0 bridgehead atoms. The van der Waals surface area contributed by atoms with E-state index in [9.17, 15) is 10.1 Å². The highest BCUT2D eigenvalue weighted by atomic mass is 16.6. The molecular formula is C23H20N4O2. The number of nitrogens with one attached hydrogen (secondary N) is 1. The lowest BCUT2D eigenvalue weighted by atomic mass is 10.1. The SMILES string of the molecule is Cc1cc(/C=N/Nc2ccc([N+](=O)[O-])cc2)c(C)n1-c1cccc2ccccc12. The van der Waals surface area contributed by atoms with E-state index in [0.717, 1.165) is 22.6 Å². The third kappa shape index (κ3) is 3.60. The first-order valence-corrected chi connectivity index (χ1v) is 9.25. The highest BCUT2D eigenvalue weighted by Gasteiger charge is 2.11. The highest BCUT2D eigenvalue weighted by Crippen LogP contribution is 2.27. The molecule has 0 spiro atoms. The Balaban J connectivity index is 1.62. The van der Waals surface area contributed by atoms with Crippen molar-refractivity contribution in [1.29, 1.82) is 0 Å². The Morgan fingerprint density at radius 1 is 1.00 bits per heavy atom. The second-order valence-corrected chi connectivity index (χ2v) is 6.83. The van der Waals surface area contributed by atoms with Crippen molar-refractivity contribution in [2.75, 3.05) is 5.43 Å². The fourth-order valence-corrected chi connectivity index (χ4v) is 3.53. The van der Waals surface area contributed by atoms with E-state index >= 15 is 0 Å². The first kappa shape index (κ1) is 18.4. The molecule has 0 aliphatic rings. The van der Waals surface area contributed by atoms with Crippen molar-refractivity contribution in [3.63, 3.8) is 0 Å². The maximum Gasteiger partial charge on any atom is 0.269 e. The maximum atomic E-state index is 10.7. The summed E-state index contributed by atoms with van der Waals surface area (Å²) in [6.45, 7) is 4.15. The first-order valence-electron chi connectivity index (χ1n) is 9.25. The third-order valence-corrected chi connectivity index (χ3v) is 4.95. The molecule has 0 unspecified atom stereocenters. The standard InChI is InChI=1S/C23H20N4O2/c1-16-14-19(15-24-25-20-10-12-21(13-11-20)27(28)29)17(2)26(16)23-9-5-7-18-6-3-4-8-22(18)23/h3-15,25H,1-2H3/b24-15+. The van der Waals surface area contributed by atoms with Crippen LogP contribution in [-0.2, 0) is 0 Å². The van der Waals surface area contributed by atoms with Gasteiger partial charge in [0.05, 0.1) is 22.5 Å². The largest absolute Gasteiger partial charge is 0.317 e. The van der Waals surface area contributed by atoms with E-state index in [1.165, 1.54) is 22.9 Å². The molecule has 1 aromatic heterocycles. The molecule has 0 atom stereocenters. The van der Waals surface area contributed by atoms with E-state index in [-0.39, 0.29) is 5.69 Å². The van der Waals surface area contributed by atoms with Gasteiger partial charge in [-0.1, -0.05) is 36.4 Å². The number of aromatic nitrogens is 1. The number of hydrogen-bond acceptors (Lipinski definition) is 4. The predicted molar refractivity (Wildman–Crippen MR) is 117 cm³/mol. The van der Waals surface area contributed by atoms with E-state index in [1.54, 1.807) is 18.3 Å². The number of non-ortho nitro benzene ring substituents is 1. The normalized spacial score (nSPS) is 11.2. The molecule has 144 valence electrons. The number of hydrogen-bond donors (Lipinski definition) is 1. The van der Waals surface area contributed by atoms with Gasteiger partial charge >= 0.3 is 0 Å². The first-order chi connectivity index (χ1) is 14.0. The number of hydrazone groups is 1. The molecule has 0 aliphatic heterocycles. The summed E-state index contributed by atoms with van der Waals surface area (Å²) in [5.74, 6) is 0. The van der Waals surface area contributed by atoms with Gasteiger partial charge in [0.25, 0.3) is 5.69 Å². The van der Waals surface area contributed by atoms with Gasteiger partial charge in [0.2, 0.25) is 0 Å². The van der Waals surface area contributed by atoms with Crippen molar-refractivity contribution < 1.29 is 4.92 Å². The van der Waals surface area contributed by atoms with E-state index in [0.29, 0.717) is 5.69 Å². The van der Waals surface area contributed by atoms with Gasteiger partial charge in [-0.15, -0.1) is 0 Å². The second-order valence-electron chi connectivity index (χ2n) is 6.83. The number of anilines is 1. The minimum absolute atomic E-state index is 0.0539. The third-order valence-electron chi connectivity index (χ3n) is 4.95. The Morgan fingerprint density at radius 2 is 1.72 bits per heavy atom. The molecule has 0 aliphatic carbocycles. The van der Waals surface area contributed by atoms with E-state index in [4.69, 9.17) is 0 Å². The number of rotatable bonds is 5. The van der Waals surface area contributed by atoms with Crippen molar-refractivity contribution in [2.45, 2.75) is 13.8 Å². The number of nitro benzene ring substituents is 1. The van der Waals surface area contributed by atoms with Crippen molar-refractivity contribution >= 4 is 28.4 Å². The predicted octanol–water partition coefficient (Wildman–Crippen LogP) is 5.60.